The minimum Gasteiger partial charge on any atom is -0.493 e. The molecular formula is C26H36N2O7. The van der Waals surface area contributed by atoms with Crippen LogP contribution >= 0.6 is 0 Å². The van der Waals surface area contributed by atoms with Crippen molar-refractivity contribution in [3.63, 3.8) is 0 Å². The molecule has 2 rings (SSSR count). The molecule has 2 atom stereocenters. The van der Waals surface area contributed by atoms with Crippen LogP contribution in [-0.4, -0.2) is 62.2 Å². The number of esters is 1. The molecule has 0 fully saturated rings. The Bertz CT molecular complexity index is 944. The van der Waals surface area contributed by atoms with Gasteiger partial charge in [-0.2, -0.15) is 0 Å². The molecule has 0 saturated heterocycles. The van der Waals surface area contributed by atoms with E-state index in [4.69, 9.17) is 18.9 Å². The van der Waals surface area contributed by atoms with Crippen LogP contribution in [-0.2, 0) is 27.3 Å². The summed E-state index contributed by atoms with van der Waals surface area (Å²) in [5.74, 6) is 0.660. The van der Waals surface area contributed by atoms with E-state index < -0.39 is 29.7 Å². The first-order valence-corrected chi connectivity index (χ1v) is 11.4. The van der Waals surface area contributed by atoms with Crippen LogP contribution in [0.2, 0.25) is 0 Å². The van der Waals surface area contributed by atoms with Crippen LogP contribution in [0.15, 0.2) is 48.5 Å². The van der Waals surface area contributed by atoms with Crippen LogP contribution < -0.4 is 20.1 Å². The van der Waals surface area contributed by atoms with Crippen LogP contribution in [0.5, 0.6) is 11.5 Å². The summed E-state index contributed by atoms with van der Waals surface area (Å²) in [6.45, 7) is 5.41. The Hall–Kier alpha value is -3.30. The van der Waals surface area contributed by atoms with Crippen molar-refractivity contribution >= 4 is 12.1 Å². The van der Waals surface area contributed by atoms with E-state index >= 15 is 0 Å². The van der Waals surface area contributed by atoms with Crippen molar-refractivity contribution in [2.45, 2.75) is 51.5 Å². The van der Waals surface area contributed by atoms with Gasteiger partial charge < -0.3 is 34.7 Å². The molecule has 0 aliphatic rings. The molecule has 3 N–H and O–H groups in total. The monoisotopic (exact) mass is 488 g/mol. The van der Waals surface area contributed by atoms with Crippen LogP contribution in [0.3, 0.4) is 0 Å². The average molecular weight is 489 g/mol. The van der Waals surface area contributed by atoms with Gasteiger partial charge in [-0.3, -0.25) is 4.79 Å². The summed E-state index contributed by atoms with van der Waals surface area (Å²) in [6, 6.07) is 13.8. The maximum atomic E-state index is 12.4. The SMILES string of the molecule is COC(=O)[C@H](Cc1ccc(OC)c(OCc2ccccc2)c1)NC[C@H](CO)NC(=O)OC(C)(C)C. The number of nitrogens with one attached hydrogen (secondary N) is 2. The first kappa shape index (κ1) is 27.9. The molecule has 0 radical (unpaired) electrons. The van der Waals surface area contributed by atoms with Gasteiger partial charge in [0, 0.05) is 6.54 Å². The number of aliphatic hydroxyl groups excluding tert-OH is 1. The molecule has 0 aliphatic carbocycles. The summed E-state index contributed by atoms with van der Waals surface area (Å²) in [4.78, 5) is 24.5. The number of carbonyl (C=O) groups excluding carboxylic acids is 2. The molecule has 0 saturated carbocycles. The van der Waals surface area contributed by atoms with Crippen molar-refractivity contribution in [2.75, 3.05) is 27.4 Å². The van der Waals surface area contributed by atoms with Crippen LogP contribution in [0.1, 0.15) is 31.9 Å². The second-order valence-corrected chi connectivity index (χ2v) is 8.97. The largest absolute Gasteiger partial charge is 0.493 e. The number of carbonyl (C=O) groups is 2. The number of aliphatic hydroxyl groups is 1. The van der Waals surface area contributed by atoms with Gasteiger partial charge in [-0.15, -0.1) is 0 Å². The minimum absolute atomic E-state index is 0.128. The second kappa shape index (κ2) is 13.6. The number of ether oxygens (including phenoxy) is 4. The van der Waals surface area contributed by atoms with Gasteiger partial charge in [0.25, 0.3) is 0 Å². The minimum atomic E-state index is -0.718. The lowest BCUT2D eigenvalue weighted by atomic mass is 10.0. The van der Waals surface area contributed by atoms with Crippen molar-refractivity contribution in [3.05, 3.63) is 59.7 Å². The first-order valence-electron chi connectivity index (χ1n) is 11.4. The summed E-state index contributed by atoms with van der Waals surface area (Å²) >= 11 is 0. The van der Waals surface area contributed by atoms with Crippen molar-refractivity contribution in [1.82, 2.24) is 10.6 Å². The summed E-state index contributed by atoms with van der Waals surface area (Å²) in [5.41, 5.74) is 1.17. The van der Waals surface area contributed by atoms with Crippen LogP contribution in [0.25, 0.3) is 0 Å². The molecule has 9 nitrogen and oxygen atoms in total. The van der Waals surface area contributed by atoms with Crippen LogP contribution in [0, 0.1) is 0 Å². The number of hydrogen-bond acceptors (Lipinski definition) is 8. The third-order valence-corrected chi connectivity index (χ3v) is 4.94. The standard InChI is InChI=1S/C26H36N2O7/c1-26(2,3)35-25(31)28-20(16-29)15-27-21(24(30)33-5)13-19-11-12-22(32-4)23(14-19)34-17-18-9-7-6-8-10-18/h6-12,14,20-21,27,29H,13,15-17H2,1-5H3,(H,28,31)/t20-,21+/m1/s1. The zero-order chi connectivity index (χ0) is 25.8. The van der Waals surface area contributed by atoms with Crippen molar-refractivity contribution in [3.8, 4) is 11.5 Å². The topological polar surface area (TPSA) is 115 Å². The molecule has 35 heavy (non-hydrogen) atoms. The van der Waals surface area contributed by atoms with E-state index in [1.54, 1.807) is 33.9 Å². The highest BCUT2D eigenvalue weighted by Crippen LogP contribution is 2.29. The van der Waals surface area contributed by atoms with Gasteiger partial charge >= 0.3 is 12.1 Å². The van der Waals surface area contributed by atoms with Crippen molar-refractivity contribution in [2.24, 2.45) is 0 Å². The van der Waals surface area contributed by atoms with E-state index in [9.17, 15) is 14.7 Å². The maximum absolute atomic E-state index is 12.4. The molecule has 9 heteroatoms. The highest BCUT2D eigenvalue weighted by Gasteiger charge is 2.24. The average Bonchev–Trinajstić information content (AvgIpc) is 2.83. The number of methoxy groups -OCH3 is 2. The molecule has 2 aromatic carbocycles. The second-order valence-electron chi connectivity index (χ2n) is 8.97. The number of amides is 1. The van der Waals surface area contributed by atoms with E-state index in [1.807, 2.05) is 42.5 Å². The molecule has 0 bridgehead atoms. The van der Waals surface area contributed by atoms with Crippen molar-refractivity contribution in [1.29, 1.82) is 0 Å². The van der Waals surface area contributed by atoms with Gasteiger partial charge in [-0.05, 0) is 50.5 Å². The molecule has 1 amide bonds. The molecule has 192 valence electrons. The Morgan fingerprint density at radius 1 is 1.00 bits per heavy atom. The molecule has 0 spiro atoms. The van der Waals surface area contributed by atoms with E-state index in [-0.39, 0.29) is 13.2 Å². The lowest BCUT2D eigenvalue weighted by Crippen LogP contribution is -2.50. The summed E-state index contributed by atoms with van der Waals surface area (Å²) in [5, 5.41) is 15.3. The van der Waals surface area contributed by atoms with Gasteiger partial charge in [-0.25, -0.2) is 4.79 Å². The first-order chi connectivity index (χ1) is 16.6. The fourth-order valence-electron chi connectivity index (χ4n) is 3.23. The smallest absolute Gasteiger partial charge is 0.407 e. The molecule has 0 heterocycles. The van der Waals surface area contributed by atoms with Gasteiger partial charge in [0.1, 0.15) is 18.2 Å². The van der Waals surface area contributed by atoms with Gasteiger partial charge in [0.15, 0.2) is 11.5 Å². The Balaban J connectivity index is 2.06. The predicted octanol–water partition coefficient (Wildman–Crippen LogP) is 2.83. The normalized spacial score (nSPS) is 12.9. The summed E-state index contributed by atoms with van der Waals surface area (Å²) in [6.07, 6.45) is -0.355. The van der Waals surface area contributed by atoms with E-state index in [0.717, 1.165) is 11.1 Å². The Morgan fingerprint density at radius 3 is 2.31 bits per heavy atom. The summed E-state index contributed by atoms with van der Waals surface area (Å²) in [7, 11) is 2.87. The number of rotatable bonds is 12. The summed E-state index contributed by atoms with van der Waals surface area (Å²) < 4.78 is 21.6. The van der Waals surface area contributed by atoms with E-state index in [1.165, 1.54) is 7.11 Å². The fraction of sp³-hybridized carbons (Fsp3) is 0.462. The Morgan fingerprint density at radius 2 is 1.71 bits per heavy atom. The molecular weight excluding hydrogens is 452 g/mol. The highest BCUT2D eigenvalue weighted by molar-refractivity contribution is 5.76. The molecule has 0 unspecified atom stereocenters. The lowest BCUT2D eigenvalue weighted by molar-refractivity contribution is -0.143. The van der Waals surface area contributed by atoms with E-state index in [0.29, 0.717) is 24.5 Å². The Labute approximate surface area is 206 Å². The third-order valence-electron chi connectivity index (χ3n) is 4.94. The predicted molar refractivity (Wildman–Crippen MR) is 132 cm³/mol. The van der Waals surface area contributed by atoms with E-state index in [2.05, 4.69) is 10.6 Å². The van der Waals surface area contributed by atoms with Gasteiger partial charge in [0.2, 0.25) is 0 Å². The Kier molecular flexibility index (Phi) is 10.8. The zero-order valence-corrected chi connectivity index (χ0v) is 21.0. The molecule has 0 aromatic heterocycles. The molecule has 0 aliphatic heterocycles. The lowest BCUT2D eigenvalue weighted by Gasteiger charge is -2.24. The van der Waals surface area contributed by atoms with Gasteiger partial charge in [0.05, 0.1) is 26.9 Å². The number of hydrogen-bond donors (Lipinski definition) is 3. The fourth-order valence-corrected chi connectivity index (χ4v) is 3.23. The maximum Gasteiger partial charge on any atom is 0.407 e. The van der Waals surface area contributed by atoms with Crippen LogP contribution in [0.4, 0.5) is 4.79 Å². The number of benzene rings is 2. The van der Waals surface area contributed by atoms with Crippen molar-refractivity contribution < 1.29 is 33.6 Å². The third kappa shape index (κ3) is 9.84. The quantitative estimate of drug-likeness (QED) is 0.391. The highest BCUT2D eigenvalue weighted by atomic mass is 16.6. The van der Waals surface area contributed by atoms with Gasteiger partial charge in [-0.1, -0.05) is 36.4 Å². The molecule has 2 aromatic rings. The zero-order valence-electron chi connectivity index (χ0n) is 21.0. The number of alkyl carbamates (subject to hydrolysis) is 1.